The quantitative estimate of drug-likeness (QED) is 0.898. The number of aromatic amines is 1. The molecule has 0 saturated heterocycles. The molecule has 0 fully saturated rings. The number of rotatable bonds is 2. The number of methoxy groups -OCH3 is 1. The number of ketones is 1. The molecule has 25 heavy (non-hydrogen) atoms. The fourth-order valence-corrected chi connectivity index (χ4v) is 4.55. The van der Waals surface area contributed by atoms with Crippen molar-refractivity contribution in [1.29, 1.82) is 0 Å². The number of allylic oxidation sites excluding steroid dienone is 2. The maximum Gasteiger partial charge on any atom is 0.160 e. The summed E-state index contributed by atoms with van der Waals surface area (Å²) in [5.74, 6) is 1.01. The van der Waals surface area contributed by atoms with Crippen LogP contribution in [0, 0.1) is 12.3 Å². The van der Waals surface area contributed by atoms with Gasteiger partial charge in [0.2, 0.25) is 0 Å². The first kappa shape index (κ1) is 16.1. The van der Waals surface area contributed by atoms with E-state index in [-0.39, 0.29) is 17.1 Å². The number of fused-ring (bicyclic) bond motifs is 1. The number of nitrogens with zero attached hydrogens (tertiary/aromatic N) is 1. The van der Waals surface area contributed by atoms with E-state index in [4.69, 9.17) is 4.74 Å². The van der Waals surface area contributed by atoms with Crippen molar-refractivity contribution in [2.45, 2.75) is 46.0 Å². The zero-order valence-corrected chi connectivity index (χ0v) is 15.3. The van der Waals surface area contributed by atoms with Crippen LogP contribution in [0.2, 0.25) is 0 Å². The summed E-state index contributed by atoms with van der Waals surface area (Å²) in [6.45, 7) is 6.40. The van der Waals surface area contributed by atoms with Crippen LogP contribution in [-0.4, -0.2) is 23.1 Å². The number of hydrogen-bond acceptors (Lipinski definition) is 3. The Balaban J connectivity index is 1.97. The third-order valence-corrected chi connectivity index (χ3v) is 5.49. The highest BCUT2D eigenvalue weighted by atomic mass is 16.5. The molecule has 2 aliphatic carbocycles. The van der Waals surface area contributed by atoms with Crippen molar-refractivity contribution in [3.63, 3.8) is 0 Å². The van der Waals surface area contributed by atoms with Crippen LogP contribution in [0.1, 0.15) is 55.1 Å². The molecule has 1 N–H and O–H groups in total. The van der Waals surface area contributed by atoms with Crippen molar-refractivity contribution < 1.29 is 9.53 Å². The first-order valence-electron chi connectivity index (χ1n) is 8.83. The van der Waals surface area contributed by atoms with Crippen LogP contribution in [0.4, 0.5) is 0 Å². The molecule has 0 amide bonds. The maximum absolute atomic E-state index is 13.1. The number of ether oxygens (including phenoxy) is 1. The summed E-state index contributed by atoms with van der Waals surface area (Å²) in [6, 6.07) is 8.02. The highest BCUT2D eigenvalue weighted by Gasteiger charge is 2.42. The molecule has 1 aromatic carbocycles. The second-order valence-corrected chi connectivity index (χ2v) is 8.02. The van der Waals surface area contributed by atoms with E-state index in [1.807, 2.05) is 25.1 Å². The van der Waals surface area contributed by atoms with Crippen LogP contribution in [0.25, 0.3) is 0 Å². The van der Waals surface area contributed by atoms with E-state index >= 15 is 0 Å². The molecule has 1 aromatic heterocycles. The number of aromatic nitrogens is 2. The Morgan fingerprint density at radius 2 is 2.00 bits per heavy atom. The Morgan fingerprint density at radius 3 is 2.76 bits per heavy atom. The zero-order valence-electron chi connectivity index (χ0n) is 15.3. The summed E-state index contributed by atoms with van der Waals surface area (Å²) in [5, 5.41) is 7.67. The number of benzene rings is 1. The van der Waals surface area contributed by atoms with E-state index in [1.54, 1.807) is 7.11 Å². The highest BCUT2D eigenvalue weighted by molar-refractivity contribution is 6.00. The molecule has 1 atom stereocenters. The van der Waals surface area contributed by atoms with Crippen LogP contribution in [0.15, 0.2) is 35.4 Å². The number of H-pyrrole nitrogens is 1. The molecule has 4 heteroatoms. The summed E-state index contributed by atoms with van der Waals surface area (Å²) in [5.41, 5.74) is 6.54. The van der Waals surface area contributed by atoms with Crippen molar-refractivity contribution in [2.24, 2.45) is 5.41 Å². The number of Topliss-reactive ketones (excluding diaryl/α,β-unsaturated/α-hetero) is 1. The molecule has 2 aromatic rings. The number of carbonyl (C=O) groups excluding carboxylic acids is 1. The molecule has 0 spiro atoms. The van der Waals surface area contributed by atoms with E-state index in [9.17, 15) is 4.79 Å². The Labute approximate surface area is 148 Å². The van der Waals surface area contributed by atoms with Crippen molar-refractivity contribution in [1.82, 2.24) is 10.2 Å². The van der Waals surface area contributed by atoms with E-state index in [2.05, 4.69) is 30.1 Å². The average Bonchev–Trinajstić information content (AvgIpc) is 2.92. The fraction of sp³-hybridized carbons (Fsp3) is 0.429. The standard InChI is InChI=1S/C21H24N2O2/c1-12-18-15(23-22-12)9-13-10-21(2,3)11-16(24)19(13)20(18)14-7-5-6-8-17(14)25-4/h5-8,20H,9-11H2,1-4H3,(H,22,23)/t20-/m0/s1. The van der Waals surface area contributed by atoms with Crippen LogP contribution in [-0.2, 0) is 11.2 Å². The minimum absolute atomic E-state index is 0.0180. The topological polar surface area (TPSA) is 55.0 Å². The summed E-state index contributed by atoms with van der Waals surface area (Å²) >= 11 is 0. The fourth-order valence-electron chi connectivity index (χ4n) is 4.55. The van der Waals surface area contributed by atoms with Crippen LogP contribution in [0.3, 0.4) is 0 Å². The van der Waals surface area contributed by atoms with Gasteiger partial charge in [0.05, 0.1) is 12.8 Å². The second kappa shape index (κ2) is 5.58. The van der Waals surface area contributed by atoms with Crippen molar-refractivity contribution in [2.75, 3.05) is 7.11 Å². The van der Waals surface area contributed by atoms with Gasteiger partial charge < -0.3 is 4.74 Å². The molecule has 1 heterocycles. The molecule has 130 valence electrons. The van der Waals surface area contributed by atoms with E-state index in [1.165, 1.54) is 5.57 Å². The molecule has 2 aliphatic rings. The van der Waals surface area contributed by atoms with Crippen molar-refractivity contribution in [3.8, 4) is 5.75 Å². The van der Waals surface area contributed by atoms with E-state index < -0.39 is 0 Å². The first-order valence-corrected chi connectivity index (χ1v) is 8.83. The Kier molecular flexibility index (Phi) is 3.60. The molecule has 4 rings (SSSR count). The SMILES string of the molecule is COc1ccccc1[C@@H]1C2=C(Cc3n[nH]c(C)c31)CC(C)(C)CC2=O. The third kappa shape index (κ3) is 2.51. The molecule has 4 nitrogen and oxygen atoms in total. The molecule has 0 bridgehead atoms. The predicted molar refractivity (Wildman–Crippen MR) is 96.9 cm³/mol. The van der Waals surface area contributed by atoms with E-state index in [0.29, 0.717) is 6.42 Å². The predicted octanol–water partition coefficient (Wildman–Crippen LogP) is 4.10. The lowest BCUT2D eigenvalue weighted by Crippen LogP contribution is -2.32. The number of aryl methyl sites for hydroxylation is 1. The average molecular weight is 336 g/mol. The van der Waals surface area contributed by atoms with Crippen LogP contribution < -0.4 is 4.74 Å². The van der Waals surface area contributed by atoms with Crippen molar-refractivity contribution in [3.05, 3.63) is 57.9 Å². The summed E-state index contributed by atoms with van der Waals surface area (Å²) in [4.78, 5) is 13.1. The number of hydrogen-bond donors (Lipinski definition) is 1. The van der Waals surface area contributed by atoms with Gasteiger partial charge in [-0.25, -0.2) is 0 Å². The molecule has 0 aliphatic heterocycles. The Hall–Kier alpha value is -2.36. The third-order valence-electron chi connectivity index (χ3n) is 5.49. The minimum atomic E-state index is -0.0859. The minimum Gasteiger partial charge on any atom is -0.496 e. The van der Waals surface area contributed by atoms with Gasteiger partial charge in [-0.15, -0.1) is 0 Å². The van der Waals surface area contributed by atoms with Gasteiger partial charge in [-0.2, -0.15) is 5.10 Å². The summed E-state index contributed by atoms with van der Waals surface area (Å²) in [7, 11) is 1.69. The molecular weight excluding hydrogens is 312 g/mol. The van der Waals surface area contributed by atoms with Crippen molar-refractivity contribution >= 4 is 5.78 Å². The van der Waals surface area contributed by atoms with Gasteiger partial charge in [-0.05, 0) is 24.8 Å². The van der Waals surface area contributed by atoms with Gasteiger partial charge in [0.1, 0.15) is 5.75 Å². The molecule has 0 unspecified atom stereocenters. The normalized spacial score (nSPS) is 21.8. The van der Waals surface area contributed by atoms with Gasteiger partial charge in [-0.3, -0.25) is 9.89 Å². The Morgan fingerprint density at radius 1 is 1.24 bits per heavy atom. The maximum atomic E-state index is 13.1. The zero-order chi connectivity index (χ0) is 17.8. The number of para-hydroxylation sites is 1. The van der Waals surface area contributed by atoms with Crippen LogP contribution in [0.5, 0.6) is 5.75 Å². The lowest BCUT2D eigenvalue weighted by Gasteiger charge is -2.38. The summed E-state index contributed by atoms with van der Waals surface area (Å²) in [6.07, 6.45) is 2.32. The molecular formula is C21H24N2O2. The van der Waals surface area contributed by atoms with E-state index in [0.717, 1.165) is 46.7 Å². The lowest BCUT2D eigenvalue weighted by atomic mass is 9.65. The lowest BCUT2D eigenvalue weighted by molar-refractivity contribution is -0.118. The van der Waals surface area contributed by atoms with Gasteiger partial charge in [-0.1, -0.05) is 37.6 Å². The van der Waals surface area contributed by atoms with Crippen LogP contribution >= 0.6 is 0 Å². The Bertz CT molecular complexity index is 889. The van der Waals surface area contributed by atoms with Gasteiger partial charge in [0.25, 0.3) is 0 Å². The first-order chi connectivity index (χ1) is 11.9. The van der Waals surface area contributed by atoms with Gasteiger partial charge >= 0.3 is 0 Å². The smallest absolute Gasteiger partial charge is 0.160 e. The number of carbonyl (C=O) groups is 1. The number of nitrogens with one attached hydrogen (secondary N) is 1. The van der Waals surface area contributed by atoms with Gasteiger partial charge in [0.15, 0.2) is 5.78 Å². The second-order valence-electron chi connectivity index (χ2n) is 8.02. The monoisotopic (exact) mass is 336 g/mol. The molecule has 0 saturated carbocycles. The van der Waals surface area contributed by atoms with Gasteiger partial charge in [0, 0.05) is 41.2 Å². The largest absolute Gasteiger partial charge is 0.496 e. The highest BCUT2D eigenvalue weighted by Crippen LogP contribution is 2.50. The summed E-state index contributed by atoms with van der Waals surface area (Å²) < 4.78 is 5.62. The molecule has 0 radical (unpaired) electrons.